The molecule has 1 aromatic carbocycles. The smallest absolute Gasteiger partial charge is 0.347 e. The summed E-state index contributed by atoms with van der Waals surface area (Å²) < 4.78 is 8.07. The second kappa shape index (κ2) is 7.21. The summed E-state index contributed by atoms with van der Waals surface area (Å²) in [5.41, 5.74) is -4.70. The molecule has 0 unspecified atom stereocenters. The molecule has 0 atom stereocenters. The molecule has 0 amide bonds. The molecule has 0 N–H and O–H groups in total. The summed E-state index contributed by atoms with van der Waals surface area (Å²) in [6.07, 6.45) is 2.02. The molecule has 0 heterocycles. The fraction of sp³-hybridized carbons (Fsp3) is 0. The van der Waals surface area contributed by atoms with Crippen LogP contribution in [0, 0.1) is 68.4 Å². The van der Waals surface area contributed by atoms with Crippen molar-refractivity contribution in [1.29, 1.82) is 31.6 Å². The zero-order chi connectivity index (χ0) is 18.3. The summed E-state index contributed by atoms with van der Waals surface area (Å²) in [6, 6.07) is 5.81. The molecule has 24 heavy (non-hydrogen) atoms. The molecule has 0 aliphatic carbocycles. The summed E-state index contributed by atoms with van der Waals surface area (Å²) in [7, 11) is 0. The fourth-order valence-corrected chi connectivity index (χ4v) is 1.79. The lowest BCUT2D eigenvalue weighted by molar-refractivity contribution is 0.0640. The predicted molar refractivity (Wildman–Crippen MR) is 67.4 cm³/mol. The van der Waals surface area contributed by atoms with Gasteiger partial charge in [0.15, 0.2) is 0 Å². The maximum Gasteiger partial charge on any atom is 0.355 e. The van der Waals surface area contributed by atoms with E-state index in [1.54, 1.807) is 0 Å². The zero-order valence-electron chi connectivity index (χ0n) is 11.3. The molecule has 10 heteroatoms. The number of rotatable bonds is 2. The number of benzene rings is 1. The molecule has 0 aromatic heterocycles. The van der Waals surface area contributed by atoms with E-state index in [1.165, 1.54) is 24.3 Å². The van der Waals surface area contributed by atoms with E-state index < -0.39 is 45.3 Å². The van der Waals surface area contributed by atoms with Crippen molar-refractivity contribution < 1.29 is 19.1 Å². The highest BCUT2D eigenvalue weighted by molar-refractivity contribution is 6.08. The van der Waals surface area contributed by atoms with Gasteiger partial charge in [0.05, 0.1) is 33.4 Å². The molecule has 0 aliphatic rings. The number of carbonyl (C=O) groups excluding carboxylic acids is 2. The maximum atomic E-state index is 11.9. The SMILES string of the molecule is N#COC(=O)c1c(C#N)c(C#N)c(C#N)c(C#N)c1C(=O)OC#N. The Balaban J connectivity index is 4.20. The molecule has 0 bridgehead atoms. The third-order valence-corrected chi connectivity index (χ3v) is 2.63. The summed E-state index contributed by atoms with van der Waals surface area (Å²) in [5.74, 6) is -3.06. The van der Waals surface area contributed by atoms with Gasteiger partial charge in [0.2, 0.25) is 0 Å². The van der Waals surface area contributed by atoms with Crippen LogP contribution in [0.1, 0.15) is 43.0 Å². The molecule has 0 spiro atoms. The van der Waals surface area contributed by atoms with Crippen LogP contribution in [0.4, 0.5) is 0 Å². The average Bonchev–Trinajstić information content (AvgIpc) is 2.58. The molecule has 0 radical (unpaired) electrons. The van der Waals surface area contributed by atoms with Crippen LogP contribution < -0.4 is 0 Å². The zero-order valence-corrected chi connectivity index (χ0v) is 11.3. The minimum atomic E-state index is -1.53. The first kappa shape index (κ1) is 17.2. The van der Waals surface area contributed by atoms with Gasteiger partial charge in [-0.2, -0.15) is 21.0 Å². The lowest BCUT2D eigenvalue weighted by Crippen LogP contribution is -2.18. The Labute approximate surface area is 133 Å². The van der Waals surface area contributed by atoms with Gasteiger partial charge in [-0.25, -0.2) is 9.59 Å². The maximum absolute atomic E-state index is 11.9. The van der Waals surface area contributed by atoms with E-state index in [0.29, 0.717) is 0 Å². The van der Waals surface area contributed by atoms with Gasteiger partial charge in [-0.05, 0) is 0 Å². The van der Waals surface area contributed by atoms with Crippen molar-refractivity contribution in [3.05, 3.63) is 33.4 Å². The van der Waals surface area contributed by atoms with Crippen molar-refractivity contribution in [3.8, 4) is 36.8 Å². The molecule has 1 aromatic rings. The molecular formula is C14N6O4. The Morgan fingerprint density at radius 1 is 0.583 bits per heavy atom. The molecule has 0 fully saturated rings. The number of hydrogen-bond donors (Lipinski definition) is 0. The van der Waals surface area contributed by atoms with Gasteiger partial charge in [0.1, 0.15) is 24.3 Å². The molecule has 10 nitrogen and oxygen atoms in total. The topological polar surface area (TPSA) is 195 Å². The highest BCUT2D eigenvalue weighted by Gasteiger charge is 2.33. The van der Waals surface area contributed by atoms with Gasteiger partial charge in [0.25, 0.3) is 12.5 Å². The van der Waals surface area contributed by atoms with Crippen molar-refractivity contribution in [2.75, 3.05) is 0 Å². The normalized spacial score (nSPS) is 8.08. The molecule has 0 saturated heterocycles. The number of nitriles is 6. The van der Waals surface area contributed by atoms with Crippen LogP contribution in [0.2, 0.25) is 0 Å². The Bertz CT molecular complexity index is 932. The van der Waals surface area contributed by atoms with Crippen molar-refractivity contribution in [3.63, 3.8) is 0 Å². The second-order valence-electron chi connectivity index (χ2n) is 3.66. The van der Waals surface area contributed by atoms with Gasteiger partial charge in [-0.3, -0.25) is 0 Å². The van der Waals surface area contributed by atoms with Crippen LogP contribution in [0.5, 0.6) is 0 Å². The first-order chi connectivity index (χ1) is 11.5. The summed E-state index contributed by atoms with van der Waals surface area (Å²) in [5, 5.41) is 53.4. The Morgan fingerprint density at radius 2 is 0.875 bits per heavy atom. The molecule has 0 aliphatic heterocycles. The van der Waals surface area contributed by atoms with Crippen LogP contribution >= 0.6 is 0 Å². The predicted octanol–water partition coefficient (Wildman–Crippen LogP) is 0.449. The van der Waals surface area contributed by atoms with Gasteiger partial charge in [0, 0.05) is 0 Å². The van der Waals surface area contributed by atoms with Gasteiger partial charge >= 0.3 is 11.9 Å². The van der Waals surface area contributed by atoms with E-state index in [1.807, 2.05) is 0 Å². The first-order valence-electron chi connectivity index (χ1n) is 5.57. The molecule has 0 saturated carbocycles. The Morgan fingerprint density at radius 3 is 1.08 bits per heavy atom. The minimum Gasteiger partial charge on any atom is -0.347 e. The van der Waals surface area contributed by atoms with E-state index in [0.717, 1.165) is 12.5 Å². The largest absolute Gasteiger partial charge is 0.355 e. The second-order valence-corrected chi connectivity index (χ2v) is 3.66. The third-order valence-electron chi connectivity index (χ3n) is 2.63. The van der Waals surface area contributed by atoms with Crippen molar-refractivity contribution >= 4 is 11.9 Å². The minimum absolute atomic E-state index is 0.657. The monoisotopic (exact) mass is 316 g/mol. The number of carbonyl (C=O) groups is 2. The van der Waals surface area contributed by atoms with E-state index in [4.69, 9.17) is 31.6 Å². The summed E-state index contributed by atoms with van der Waals surface area (Å²) >= 11 is 0. The standard InChI is InChI=1S/C14N6O4/c15-1-7-8(2-16)10(4-18)12(14(22)24-6-20)11(9(7)3-17)13(21)23-5-19. The number of ether oxygens (including phenoxy) is 2. The quantitative estimate of drug-likeness (QED) is 0.545. The van der Waals surface area contributed by atoms with Crippen LogP contribution in [-0.2, 0) is 9.47 Å². The van der Waals surface area contributed by atoms with E-state index >= 15 is 0 Å². The van der Waals surface area contributed by atoms with Crippen LogP contribution in [-0.4, -0.2) is 11.9 Å². The average molecular weight is 316 g/mol. The summed E-state index contributed by atoms with van der Waals surface area (Å²) in [4.78, 5) is 23.8. The van der Waals surface area contributed by atoms with Crippen LogP contribution in [0.25, 0.3) is 0 Å². The third kappa shape index (κ3) is 2.62. The van der Waals surface area contributed by atoms with E-state index in [-0.39, 0.29) is 0 Å². The highest BCUT2D eigenvalue weighted by atomic mass is 16.5. The first-order valence-corrected chi connectivity index (χ1v) is 5.57. The highest BCUT2D eigenvalue weighted by Crippen LogP contribution is 2.28. The molecule has 1 rings (SSSR count). The Hall–Kier alpha value is -4.90. The lowest BCUT2D eigenvalue weighted by Gasteiger charge is -2.11. The van der Waals surface area contributed by atoms with Crippen LogP contribution in [0.3, 0.4) is 0 Å². The fourth-order valence-electron chi connectivity index (χ4n) is 1.79. The molecule has 110 valence electrons. The summed E-state index contributed by atoms with van der Waals surface area (Å²) in [6.45, 7) is 0. The van der Waals surface area contributed by atoms with Gasteiger partial charge < -0.3 is 9.47 Å². The van der Waals surface area contributed by atoms with Gasteiger partial charge in [-0.15, -0.1) is 10.5 Å². The number of hydrogen-bond acceptors (Lipinski definition) is 10. The van der Waals surface area contributed by atoms with Crippen molar-refractivity contribution in [2.24, 2.45) is 0 Å². The van der Waals surface area contributed by atoms with Gasteiger partial charge in [-0.1, -0.05) is 0 Å². The van der Waals surface area contributed by atoms with E-state index in [9.17, 15) is 9.59 Å². The van der Waals surface area contributed by atoms with Crippen molar-refractivity contribution in [2.45, 2.75) is 0 Å². The Kier molecular flexibility index (Phi) is 5.15. The molecular weight excluding hydrogens is 316 g/mol. The number of nitrogens with zero attached hydrogens (tertiary/aromatic N) is 6. The van der Waals surface area contributed by atoms with Crippen molar-refractivity contribution in [1.82, 2.24) is 0 Å². The van der Waals surface area contributed by atoms with E-state index in [2.05, 4.69) is 9.47 Å². The lowest BCUT2D eigenvalue weighted by atomic mass is 9.88. The van der Waals surface area contributed by atoms with Crippen LogP contribution in [0.15, 0.2) is 0 Å². The number of esters is 2.